The van der Waals surface area contributed by atoms with Crippen LogP contribution in [0.3, 0.4) is 0 Å². The molecule has 0 unspecified atom stereocenters. The van der Waals surface area contributed by atoms with Crippen molar-refractivity contribution in [1.82, 2.24) is 4.31 Å². The van der Waals surface area contributed by atoms with E-state index in [1.807, 2.05) is 6.07 Å². The molecule has 2 aromatic rings. The van der Waals surface area contributed by atoms with Gasteiger partial charge < -0.3 is 9.73 Å². The van der Waals surface area contributed by atoms with Gasteiger partial charge in [0.1, 0.15) is 11.8 Å². The van der Waals surface area contributed by atoms with Crippen molar-refractivity contribution < 1.29 is 12.8 Å². The summed E-state index contributed by atoms with van der Waals surface area (Å²) in [7, 11) is -0.427. The minimum Gasteiger partial charge on any atom is -0.449 e. The van der Waals surface area contributed by atoms with Crippen molar-refractivity contribution in [3.05, 3.63) is 47.9 Å². The predicted octanol–water partition coefficient (Wildman–Crippen LogP) is 2.01. The maximum absolute atomic E-state index is 11.9. The summed E-state index contributed by atoms with van der Waals surface area (Å²) < 4.78 is 30.2. The second-order valence-corrected chi connectivity index (χ2v) is 6.69. The standard InChI is InChI=1S/C14H15N3O3S/c1-17(2)21(18,19)14-7-3-11(4-8-14)16-10-13-6-5-12(9-15)20-13/h3-8,16H,10H2,1-2H3. The van der Waals surface area contributed by atoms with Crippen LogP contribution < -0.4 is 5.32 Å². The van der Waals surface area contributed by atoms with Gasteiger partial charge in [-0.2, -0.15) is 5.26 Å². The van der Waals surface area contributed by atoms with E-state index in [1.54, 1.807) is 36.4 Å². The number of nitrogens with zero attached hydrogens (tertiary/aromatic N) is 2. The van der Waals surface area contributed by atoms with E-state index in [1.165, 1.54) is 18.4 Å². The molecule has 0 bridgehead atoms. The van der Waals surface area contributed by atoms with Crippen molar-refractivity contribution in [2.45, 2.75) is 11.4 Å². The zero-order valence-electron chi connectivity index (χ0n) is 11.7. The molecule has 0 saturated heterocycles. The Bertz CT molecular complexity index is 756. The Kier molecular flexibility index (Phi) is 4.31. The smallest absolute Gasteiger partial charge is 0.242 e. The van der Waals surface area contributed by atoms with E-state index in [0.717, 1.165) is 5.69 Å². The fourth-order valence-electron chi connectivity index (χ4n) is 1.68. The minimum atomic E-state index is -3.41. The van der Waals surface area contributed by atoms with Gasteiger partial charge in [-0.05, 0) is 36.4 Å². The number of rotatable bonds is 5. The van der Waals surface area contributed by atoms with Crippen molar-refractivity contribution in [2.24, 2.45) is 0 Å². The van der Waals surface area contributed by atoms with Crippen LogP contribution in [-0.2, 0) is 16.6 Å². The molecule has 0 radical (unpaired) electrons. The normalized spacial score (nSPS) is 11.3. The van der Waals surface area contributed by atoms with Crippen molar-refractivity contribution >= 4 is 15.7 Å². The van der Waals surface area contributed by atoms with Crippen LogP contribution in [0.2, 0.25) is 0 Å². The molecule has 0 aliphatic carbocycles. The van der Waals surface area contributed by atoms with Crippen LogP contribution >= 0.6 is 0 Å². The van der Waals surface area contributed by atoms with Crippen LogP contribution in [0.15, 0.2) is 45.7 Å². The van der Waals surface area contributed by atoms with Crippen molar-refractivity contribution in [3.63, 3.8) is 0 Å². The number of nitriles is 1. The van der Waals surface area contributed by atoms with Gasteiger partial charge in [0.15, 0.2) is 0 Å². The van der Waals surface area contributed by atoms with Crippen LogP contribution in [0.1, 0.15) is 11.5 Å². The van der Waals surface area contributed by atoms with E-state index in [4.69, 9.17) is 9.68 Å². The number of sulfonamides is 1. The largest absolute Gasteiger partial charge is 0.449 e. The van der Waals surface area contributed by atoms with Crippen LogP contribution in [0, 0.1) is 11.3 Å². The van der Waals surface area contributed by atoms with Gasteiger partial charge in [0, 0.05) is 19.8 Å². The van der Waals surface area contributed by atoms with Gasteiger partial charge in [0.25, 0.3) is 0 Å². The number of hydrogen-bond donors (Lipinski definition) is 1. The highest BCUT2D eigenvalue weighted by molar-refractivity contribution is 7.89. The van der Waals surface area contributed by atoms with Gasteiger partial charge in [-0.1, -0.05) is 0 Å². The minimum absolute atomic E-state index is 0.239. The van der Waals surface area contributed by atoms with Gasteiger partial charge in [-0.3, -0.25) is 0 Å². The number of furan rings is 1. The van der Waals surface area contributed by atoms with E-state index >= 15 is 0 Å². The first-order valence-electron chi connectivity index (χ1n) is 6.19. The average Bonchev–Trinajstić information content (AvgIpc) is 2.93. The zero-order valence-corrected chi connectivity index (χ0v) is 12.5. The van der Waals surface area contributed by atoms with Crippen molar-refractivity contribution in [1.29, 1.82) is 5.26 Å². The Morgan fingerprint density at radius 1 is 1.19 bits per heavy atom. The van der Waals surface area contributed by atoms with Gasteiger partial charge >= 0.3 is 0 Å². The summed E-state index contributed by atoms with van der Waals surface area (Å²) >= 11 is 0. The van der Waals surface area contributed by atoms with Crippen molar-refractivity contribution in [3.8, 4) is 6.07 Å². The van der Waals surface area contributed by atoms with Gasteiger partial charge in [0.05, 0.1) is 11.4 Å². The molecule has 1 heterocycles. The van der Waals surface area contributed by atoms with Crippen LogP contribution in [0.5, 0.6) is 0 Å². The molecule has 1 aromatic carbocycles. The lowest BCUT2D eigenvalue weighted by molar-refractivity contribution is 0.506. The Morgan fingerprint density at radius 3 is 2.38 bits per heavy atom. The molecule has 0 atom stereocenters. The predicted molar refractivity (Wildman–Crippen MR) is 78.1 cm³/mol. The molecular formula is C14H15N3O3S. The summed E-state index contributed by atoms with van der Waals surface area (Å²) in [4.78, 5) is 0.239. The molecule has 6 nitrogen and oxygen atoms in total. The summed E-state index contributed by atoms with van der Waals surface area (Å²) in [6, 6.07) is 11.7. The summed E-state index contributed by atoms with van der Waals surface area (Å²) in [5, 5.41) is 11.8. The van der Waals surface area contributed by atoms with Gasteiger partial charge in [-0.25, -0.2) is 12.7 Å². The topological polar surface area (TPSA) is 86.3 Å². The Balaban J connectivity index is 2.05. The summed E-state index contributed by atoms with van der Waals surface area (Å²) in [5.41, 5.74) is 0.766. The highest BCUT2D eigenvalue weighted by Gasteiger charge is 2.16. The molecule has 0 fully saturated rings. The Morgan fingerprint density at radius 2 is 1.86 bits per heavy atom. The second-order valence-electron chi connectivity index (χ2n) is 4.54. The van der Waals surface area contributed by atoms with E-state index < -0.39 is 10.0 Å². The molecule has 1 aromatic heterocycles. The first-order valence-corrected chi connectivity index (χ1v) is 7.63. The van der Waals surface area contributed by atoms with Crippen LogP contribution in [0.4, 0.5) is 5.69 Å². The fourth-order valence-corrected chi connectivity index (χ4v) is 2.58. The van der Waals surface area contributed by atoms with E-state index in [2.05, 4.69) is 5.32 Å². The quantitative estimate of drug-likeness (QED) is 0.913. The summed E-state index contributed by atoms with van der Waals surface area (Å²) in [6.45, 7) is 0.418. The van der Waals surface area contributed by atoms with Gasteiger partial charge in [0.2, 0.25) is 15.8 Å². The molecule has 21 heavy (non-hydrogen) atoms. The molecule has 0 spiro atoms. The van der Waals surface area contributed by atoms with E-state index in [9.17, 15) is 8.42 Å². The average molecular weight is 305 g/mol. The summed E-state index contributed by atoms with van der Waals surface area (Å²) in [5.74, 6) is 0.899. The van der Waals surface area contributed by atoms with Crippen LogP contribution in [-0.4, -0.2) is 26.8 Å². The highest BCUT2D eigenvalue weighted by atomic mass is 32.2. The lowest BCUT2D eigenvalue weighted by atomic mass is 10.3. The Labute approximate surface area is 123 Å². The third-order valence-electron chi connectivity index (χ3n) is 2.87. The SMILES string of the molecule is CN(C)S(=O)(=O)c1ccc(NCc2ccc(C#N)o2)cc1. The third kappa shape index (κ3) is 3.42. The maximum atomic E-state index is 11.9. The number of anilines is 1. The molecule has 0 saturated carbocycles. The lowest BCUT2D eigenvalue weighted by Crippen LogP contribution is -2.22. The maximum Gasteiger partial charge on any atom is 0.242 e. The molecule has 0 amide bonds. The second kappa shape index (κ2) is 5.99. The highest BCUT2D eigenvalue weighted by Crippen LogP contribution is 2.17. The number of nitrogens with one attached hydrogen (secondary N) is 1. The molecule has 0 aliphatic rings. The first-order chi connectivity index (χ1) is 9.93. The zero-order chi connectivity index (χ0) is 15.5. The molecule has 1 N–H and O–H groups in total. The number of hydrogen-bond acceptors (Lipinski definition) is 5. The van der Waals surface area contributed by atoms with Crippen LogP contribution in [0.25, 0.3) is 0 Å². The molecule has 110 valence electrons. The third-order valence-corrected chi connectivity index (χ3v) is 4.70. The lowest BCUT2D eigenvalue weighted by Gasteiger charge is -2.12. The van der Waals surface area contributed by atoms with E-state index in [-0.39, 0.29) is 10.7 Å². The molecule has 0 aliphatic heterocycles. The molecule has 7 heteroatoms. The first kappa shape index (κ1) is 15.1. The van der Waals surface area contributed by atoms with E-state index in [0.29, 0.717) is 12.3 Å². The fraction of sp³-hybridized carbons (Fsp3) is 0.214. The number of benzene rings is 1. The molecular weight excluding hydrogens is 290 g/mol. The Hall–Kier alpha value is -2.30. The molecule has 2 rings (SSSR count). The summed E-state index contributed by atoms with van der Waals surface area (Å²) in [6.07, 6.45) is 0. The van der Waals surface area contributed by atoms with Crippen molar-refractivity contribution in [2.75, 3.05) is 19.4 Å². The monoisotopic (exact) mass is 305 g/mol. The van der Waals surface area contributed by atoms with Gasteiger partial charge in [-0.15, -0.1) is 0 Å².